The summed E-state index contributed by atoms with van der Waals surface area (Å²) >= 11 is 5.93. The van der Waals surface area contributed by atoms with Crippen LogP contribution in [-0.4, -0.2) is 55.4 Å². The largest absolute Gasteiger partial charge is 0.352 e. The molecule has 6 nitrogen and oxygen atoms in total. The Hall–Kier alpha value is -0.920. The molecule has 0 aromatic carbocycles. The third-order valence-corrected chi connectivity index (χ3v) is 5.11. The van der Waals surface area contributed by atoms with Gasteiger partial charge in [0.15, 0.2) is 11.0 Å². The predicted octanol–water partition coefficient (Wildman–Crippen LogP) is 0.828. The maximum absolute atomic E-state index is 11.5. The molecule has 2 rings (SSSR count). The van der Waals surface area contributed by atoms with Gasteiger partial charge < -0.3 is 4.90 Å². The van der Waals surface area contributed by atoms with Gasteiger partial charge in [-0.1, -0.05) is 11.6 Å². The van der Waals surface area contributed by atoms with Crippen LogP contribution < -0.4 is 4.90 Å². The van der Waals surface area contributed by atoms with Gasteiger partial charge in [-0.05, 0) is 25.0 Å². The van der Waals surface area contributed by atoms with E-state index in [1.54, 1.807) is 0 Å². The highest BCUT2D eigenvalue weighted by Gasteiger charge is 2.25. The first kappa shape index (κ1) is 14.5. The molecule has 8 heteroatoms. The molecule has 0 radical (unpaired) electrons. The molecule has 0 saturated carbocycles. The van der Waals surface area contributed by atoms with Crippen LogP contribution in [-0.2, 0) is 10.0 Å². The molecule has 0 bridgehead atoms. The van der Waals surface area contributed by atoms with Crippen LogP contribution in [0, 0.1) is 13.8 Å². The summed E-state index contributed by atoms with van der Waals surface area (Å²) in [7, 11) is -3.11. The van der Waals surface area contributed by atoms with Crippen LogP contribution in [0.1, 0.15) is 11.1 Å². The van der Waals surface area contributed by atoms with Crippen molar-refractivity contribution in [3.05, 3.63) is 16.3 Å². The van der Waals surface area contributed by atoms with Gasteiger partial charge in [0.1, 0.15) is 0 Å². The van der Waals surface area contributed by atoms with Gasteiger partial charge in [-0.15, -0.1) is 10.2 Å². The van der Waals surface area contributed by atoms with Crippen molar-refractivity contribution in [3.8, 4) is 0 Å². The zero-order chi connectivity index (χ0) is 14.2. The second-order valence-corrected chi connectivity index (χ2v) is 7.05. The highest BCUT2D eigenvalue weighted by Crippen LogP contribution is 2.24. The Morgan fingerprint density at radius 3 is 2.16 bits per heavy atom. The Morgan fingerprint density at radius 1 is 1.05 bits per heavy atom. The van der Waals surface area contributed by atoms with E-state index in [4.69, 9.17) is 11.6 Å². The number of aromatic nitrogens is 2. The second kappa shape index (κ2) is 5.22. The molecule has 0 unspecified atom stereocenters. The maximum Gasteiger partial charge on any atom is 0.211 e. The first-order valence-electron chi connectivity index (χ1n) is 6.00. The summed E-state index contributed by atoms with van der Waals surface area (Å²) in [5, 5.41) is 8.46. The van der Waals surface area contributed by atoms with E-state index in [1.165, 1.54) is 10.6 Å². The molecule has 19 heavy (non-hydrogen) atoms. The molecule has 1 aliphatic rings. The lowest BCUT2D eigenvalue weighted by molar-refractivity contribution is 0.386. The first-order chi connectivity index (χ1) is 8.80. The van der Waals surface area contributed by atoms with Crippen molar-refractivity contribution in [1.82, 2.24) is 14.5 Å². The smallest absolute Gasteiger partial charge is 0.211 e. The van der Waals surface area contributed by atoms with E-state index in [0.717, 1.165) is 16.9 Å². The van der Waals surface area contributed by atoms with Gasteiger partial charge >= 0.3 is 0 Å². The van der Waals surface area contributed by atoms with Crippen molar-refractivity contribution in [3.63, 3.8) is 0 Å². The van der Waals surface area contributed by atoms with Crippen molar-refractivity contribution in [1.29, 1.82) is 0 Å². The minimum absolute atomic E-state index is 0.413. The van der Waals surface area contributed by atoms with Crippen LogP contribution in [0.4, 0.5) is 5.82 Å². The Bertz CT molecular complexity index is 583. The van der Waals surface area contributed by atoms with Crippen LogP contribution in [0.5, 0.6) is 0 Å². The molecule has 0 amide bonds. The summed E-state index contributed by atoms with van der Waals surface area (Å²) in [4.78, 5) is 2.05. The maximum atomic E-state index is 11.5. The van der Waals surface area contributed by atoms with E-state index in [9.17, 15) is 8.42 Å². The fourth-order valence-corrected chi connectivity index (χ4v) is 3.10. The minimum Gasteiger partial charge on any atom is -0.352 e. The van der Waals surface area contributed by atoms with Crippen molar-refractivity contribution in [2.75, 3.05) is 37.3 Å². The van der Waals surface area contributed by atoms with Gasteiger partial charge in [0.05, 0.1) is 6.26 Å². The number of sulfonamides is 1. The summed E-state index contributed by atoms with van der Waals surface area (Å²) in [5.74, 6) is 0.787. The van der Waals surface area contributed by atoms with Crippen LogP contribution in [0.25, 0.3) is 0 Å². The van der Waals surface area contributed by atoms with E-state index >= 15 is 0 Å². The number of nitrogens with zero attached hydrogens (tertiary/aromatic N) is 4. The van der Waals surface area contributed by atoms with Gasteiger partial charge in [-0.25, -0.2) is 8.42 Å². The molecule has 2 heterocycles. The third kappa shape index (κ3) is 2.98. The van der Waals surface area contributed by atoms with E-state index < -0.39 is 10.0 Å². The SMILES string of the molecule is Cc1c(Cl)nnc(N2CCN(S(C)(=O)=O)CC2)c1C. The molecule has 106 valence electrons. The summed E-state index contributed by atoms with van der Waals surface area (Å²) in [5.41, 5.74) is 1.91. The van der Waals surface area contributed by atoms with Crippen molar-refractivity contribution in [2.24, 2.45) is 0 Å². The van der Waals surface area contributed by atoms with Crippen molar-refractivity contribution < 1.29 is 8.42 Å². The highest BCUT2D eigenvalue weighted by atomic mass is 35.5. The topological polar surface area (TPSA) is 66.4 Å². The quantitative estimate of drug-likeness (QED) is 0.809. The molecular formula is C11H17ClN4O2S. The number of anilines is 1. The summed E-state index contributed by atoms with van der Waals surface area (Å²) in [6.07, 6.45) is 1.24. The fraction of sp³-hybridized carbons (Fsp3) is 0.636. The number of rotatable bonds is 2. The average molecular weight is 305 g/mol. The molecule has 1 aromatic heterocycles. The summed E-state index contributed by atoms with van der Waals surface area (Å²) in [6.45, 7) is 6.04. The van der Waals surface area contributed by atoms with Crippen molar-refractivity contribution in [2.45, 2.75) is 13.8 Å². The van der Waals surface area contributed by atoms with E-state index in [2.05, 4.69) is 10.2 Å². The van der Waals surface area contributed by atoms with E-state index in [-0.39, 0.29) is 0 Å². The first-order valence-corrected chi connectivity index (χ1v) is 8.23. The van der Waals surface area contributed by atoms with Crippen LogP contribution in [0.15, 0.2) is 0 Å². The highest BCUT2D eigenvalue weighted by molar-refractivity contribution is 7.88. The lowest BCUT2D eigenvalue weighted by atomic mass is 10.2. The van der Waals surface area contributed by atoms with Gasteiger partial charge in [-0.3, -0.25) is 0 Å². The van der Waals surface area contributed by atoms with Crippen LogP contribution in [0.2, 0.25) is 5.15 Å². The van der Waals surface area contributed by atoms with Crippen molar-refractivity contribution >= 4 is 27.4 Å². The lowest BCUT2D eigenvalue weighted by Crippen LogP contribution is -2.48. The predicted molar refractivity (Wildman–Crippen MR) is 75.1 cm³/mol. The molecule has 1 saturated heterocycles. The van der Waals surface area contributed by atoms with Gasteiger partial charge in [0.2, 0.25) is 10.0 Å². The molecule has 1 aliphatic heterocycles. The molecular weight excluding hydrogens is 288 g/mol. The Kier molecular flexibility index (Phi) is 3.98. The lowest BCUT2D eigenvalue weighted by Gasteiger charge is -2.34. The second-order valence-electron chi connectivity index (χ2n) is 4.71. The van der Waals surface area contributed by atoms with E-state index in [1.807, 2.05) is 18.7 Å². The molecule has 0 aliphatic carbocycles. The molecule has 0 N–H and O–H groups in total. The van der Waals surface area contributed by atoms with Crippen LogP contribution in [0.3, 0.4) is 0 Å². The summed E-state index contributed by atoms with van der Waals surface area (Å²) in [6, 6.07) is 0. The zero-order valence-corrected chi connectivity index (χ0v) is 12.8. The van der Waals surface area contributed by atoms with Gasteiger partial charge in [-0.2, -0.15) is 4.31 Å². The number of hydrogen-bond acceptors (Lipinski definition) is 5. The third-order valence-electron chi connectivity index (χ3n) is 3.45. The standard InChI is InChI=1S/C11H17ClN4O2S/c1-8-9(2)11(14-13-10(8)12)15-4-6-16(7-5-15)19(3,17)18/h4-7H2,1-3H3. The van der Waals surface area contributed by atoms with Gasteiger partial charge in [0.25, 0.3) is 0 Å². The summed E-state index contributed by atoms with van der Waals surface area (Å²) < 4.78 is 24.4. The molecule has 0 atom stereocenters. The number of hydrogen-bond donors (Lipinski definition) is 0. The monoisotopic (exact) mass is 304 g/mol. The molecule has 0 spiro atoms. The molecule has 1 aromatic rings. The van der Waals surface area contributed by atoms with Crippen LogP contribution >= 0.6 is 11.6 Å². The Balaban J connectivity index is 2.17. The Morgan fingerprint density at radius 2 is 1.63 bits per heavy atom. The normalized spacial score (nSPS) is 17.8. The van der Waals surface area contributed by atoms with Gasteiger partial charge in [0, 0.05) is 26.2 Å². The zero-order valence-electron chi connectivity index (χ0n) is 11.2. The Labute approximate surface area is 118 Å². The number of piperazine rings is 1. The number of halogens is 1. The molecule has 1 fully saturated rings. The van der Waals surface area contributed by atoms with E-state index in [0.29, 0.717) is 31.3 Å². The fourth-order valence-electron chi connectivity index (χ4n) is 2.10. The minimum atomic E-state index is -3.11. The average Bonchev–Trinajstić information content (AvgIpc) is 2.35.